The third kappa shape index (κ3) is 1.51. The fourth-order valence-corrected chi connectivity index (χ4v) is 1.39. The molecule has 1 aromatic heterocycles. The Balaban J connectivity index is 2.32. The van der Waals surface area contributed by atoms with Gasteiger partial charge in [0.15, 0.2) is 0 Å². The molecule has 1 aliphatic rings. The SMILES string of the molecule is O=C1CC(O)CN1c1nccc(=O)[nH]1. The molecule has 2 rings (SSSR count). The normalized spacial score (nSPS) is 21.6. The predicted molar refractivity (Wildman–Crippen MR) is 47.8 cm³/mol. The molecule has 1 saturated heterocycles. The van der Waals surface area contributed by atoms with Gasteiger partial charge in [0.2, 0.25) is 11.9 Å². The minimum absolute atomic E-state index is 0.0819. The summed E-state index contributed by atoms with van der Waals surface area (Å²) >= 11 is 0. The number of H-pyrrole nitrogens is 1. The second-order valence-electron chi connectivity index (χ2n) is 3.12. The largest absolute Gasteiger partial charge is 0.391 e. The summed E-state index contributed by atoms with van der Waals surface area (Å²) in [5, 5.41) is 9.22. The molecule has 14 heavy (non-hydrogen) atoms. The Morgan fingerprint density at radius 1 is 1.57 bits per heavy atom. The highest BCUT2D eigenvalue weighted by Crippen LogP contribution is 2.15. The Hall–Kier alpha value is -1.69. The van der Waals surface area contributed by atoms with Gasteiger partial charge in [-0.25, -0.2) is 4.98 Å². The lowest BCUT2D eigenvalue weighted by Gasteiger charge is -2.12. The number of aromatic nitrogens is 2. The highest BCUT2D eigenvalue weighted by atomic mass is 16.3. The van der Waals surface area contributed by atoms with E-state index in [0.29, 0.717) is 0 Å². The van der Waals surface area contributed by atoms with Crippen molar-refractivity contribution in [3.63, 3.8) is 0 Å². The van der Waals surface area contributed by atoms with Crippen molar-refractivity contribution in [1.82, 2.24) is 9.97 Å². The molecular formula is C8H9N3O3. The van der Waals surface area contributed by atoms with Gasteiger partial charge in [0.25, 0.3) is 5.56 Å². The Kier molecular flexibility index (Phi) is 2.05. The first kappa shape index (κ1) is 8.89. The maximum atomic E-state index is 11.3. The summed E-state index contributed by atoms with van der Waals surface area (Å²) in [6.07, 6.45) is 0.734. The minimum Gasteiger partial charge on any atom is -0.391 e. The molecule has 1 amide bonds. The first-order chi connectivity index (χ1) is 6.66. The summed E-state index contributed by atoms with van der Waals surface area (Å²) in [6.45, 7) is 0.186. The number of β-amino-alcohol motifs (C(OH)–C–C–N with tert-alkyl or cyclic N) is 1. The van der Waals surface area contributed by atoms with Crippen LogP contribution in [0.2, 0.25) is 0 Å². The molecule has 1 atom stereocenters. The monoisotopic (exact) mass is 195 g/mol. The van der Waals surface area contributed by atoms with Crippen LogP contribution in [0.3, 0.4) is 0 Å². The van der Waals surface area contributed by atoms with Crippen LogP contribution in [0.4, 0.5) is 5.95 Å². The number of carbonyl (C=O) groups is 1. The number of aromatic amines is 1. The topological polar surface area (TPSA) is 86.3 Å². The molecule has 0 aromatic carbocycles. The van der Waals surface area contributed by atoms with Gasteiger partial charge in [0.05, 0.1) is 19.1 Å². The summed E-state index contributed by atoms with van der Waals surface area (Å²) in [6, 6.07) is 1.26. The molecule has 0 bridgehead atoms. The van der Waals surface area contributed by atoms with Crippen molar-refractivity contribution in [1.29, 1.82) is 0 Å². The van der Waals surface area contributed by atoms with E-state index < -0.39 is 6.10 Å². The van der Waals surface area contributed by atoms with Gasteiger partial charge in [-0.05, 0) is 0 Å². The standard InChI is InChI=1S/C8H9N3O3/c12-5-3-7(14)11(4-5)8-9-2-1-6(13)10-8/h1-2,5,12H,3-4H2,(H,9,10,13). The third-order valence-electron chi connectivity index (χ3n) is 2.02. The first-order valence-electron chi connectivity index (χ1n) is 4.20. The number of nitrogens with one attached hydrogen (secondary N) is 1. The molecule has 0 aliphatic carbocycles. The zero-order valence-electron chi connectivity index (χ0n) is 7.30. The predicted octanol–water partition coefficient (Wildman–Crippen LogP) is -1.13. The van der Waals surface area contributed by atoms with E-state index in [9.17, 15) is 14.7 Å². The number of amides is 1. The van der Waals surface area contributed by atoms with Gasteiger partial charge in [0.1, 0.15) is 0 Å². The van der Waals surface area contributed by atoms with Gasteiger partial charge in [-0.3, -0.25) is 19.5 Å². The molecule has 6 nitrogen and oxygen atoms in total. The Labute approximate surface area is 79.2 Å². The maximum absolute atomic E-state index is 11.3. The molecule has 2 N–H and O–H groups in total. The molecule has 0 spiro atoms. The molecule has 1 aliphatic heterocycles. The van der Waals surface area contributed by atoms with Gasteiger partial charge in [-0.15, -0.1) is 0 Å². The smallest absolute Gasteiger partial charge is 0.252 e. The van der Waals surface area contributed by atoms with Crippen molar-refractivity contribution in [2.75, 3.05) is 11.4 Å². The highest BCUT2D eigenvalue weighted by Gasteiger charge is 2.30. The van der Waals surface area contributed by atoms with E-state index >= 15 is 0 Å². The van der Waals surface area contributed by atoms with Crippen LogP contribution >= 0.6 is 0 Å². The summed E-state index contributed by atoms with van der Waals surface area (Å²) < 4.78 is 0. The third-order valence-corrected chi connectivity index (χ3v) is 2.02. The van der Waals surface area contributed by atoms with Crippen LogP contribution in [0.25, 0.3) is 0 Å². The van der Waals surface area contributed by atoms with Crippen LogP contribution < -0.4 is 10.5 Å². The van der Waals surface area contributed by atoms with Crippen molar-refractivity contribution in [3.8, 4) is 0 Å². The van der Waals surface area contributed by atoms with Crippen molar-refractivity contribution in [3.05, 3.63) is 22.6 Å². The number of rotatable bonds is 1. The molecule has 1 unspecified atom stereocenters. The fourth-order valence-electron chi connectivity index (χ4n) is 1.39. The van der Waals surface area contributed by atoms with Gasteiger partial charge in [-0.1, -0.05) is 0 Å². The van der Waals surface area contributed by atoms with Crippen LogP contribution in [0.5, 0.6) is 0 Å². The number of nitrogens with zero attached hydrogens (tertiary/aromatic N) is 2. The van der Waals surface area contributed by atoms with Crippen molar-refractivity contribution >= 4 is 11.9 Å². The van der Waals surface area contributed by atoms with E-state index in [1.807, 2.05) is 0 Å². The van der Waals surface area contributed by atoms with Crippen LogP contribution in [0.1, 0.15) is 6.42 Å². The van der Waals surface area contributed by atoms with E-state index in [-0.39, 0.29) is 30.4 Å². The van der Waals surface area contributed by atoms with Crippen molar-refractivity contribution < 1.29 is 9.90 Å². The molecular weight excluding hydrogens is 186 g/mol. The fraction of sp³-hybridized carbons (Fsp3) is 0.375. The van der Waals surface area contributed by atoms with Crippen LogP contribution in [0.15, 0.2) is 17.1 Å². The highest BCUT2D eigenvalue weighted by molar-refractivity contribution is 5.94. The van der Waals surface area contributed by atoms with Crippen LogP contribution in [-0.2, 0) is 4.79 Å². The van der Waals surface area contributed by atoms with Gasteiger partial charge >= 0.3 is 0 Å². The van der Waals surface area contributed by atoms with E-state index in [0.717, 1.165) is 0 Å². The van der Waals surface area contributed by atoms with Crippen LogP contribution in [-0.4, -0.2) is 33.6 Å². The van der Waals surface area contributed by atoms with E-state index in [1.54, 1.807) is 0 Å². The van der Waals surface area contributed by atoms with Gasteiger partial charge in [-0.2, -0.15) is 0 Å². The Morgan fingerprint density at radius 3 is 2.93 bits per heavy atom. The zero-order valence-corrected chi connectivity index (χ0v) is 7.30. The average molecular weight is 195 g/mol. The molecule has 1 aromatic rings. The number of aliphatic hydroxyl groups excluding tert-OH is 1. The van der Waals surface area contributed by atoms with Gasteiger partial charge < -0.3 is 5.11 Å². The van der Waals surface area contributed by atoms with E-state index in [4.69, 9.17) is 0 Å². The van der Waals surface area contributed by atoms with Gasteiger partial charge in [0, 0.05) is 12.3 Å². The molecule has 0 saturated carbocycles. The number of carbonyl (C=O) groups excluding carboxylic acids is 1. The molecule has 2 heterocycles. The number of hydrogen-bond acceptors (Lipinski definition) is 4. The van der Waals surface area contributed by atoms with E-state index in [2.05, 4.69) is 9.97 Å². The molecule has 0 radical (unpaired) electrons. The Bertz CT molecular complexity index is 414. The summed E-state index contributed by atoms with van der Waals surface area (Å²) in [5.74, 6) is -0.0362. The Morgan fingerprint density at radius 2 is 2.36 bits per heavy atom. The summed E-state index contributed by atoms with van der Waals surface area (Å²) in [4.78, 5) is 29.8. The second kappa shape index (κ2) is 3.22. The minimum atomic E-state index is -0.673. The van der Waals surface area contributed by atoms with Crippen molar-refractivity contribution in [2.45, 2.75) is 12.5 Å². The lowest BCUT2D eigenvalue weighted by Crippen LogP contribution is -2.28. The summed E-state index contributed by atoms with van der Waals surface area (Å²) in [7, 11) is 0. The number of anilines is 1. The molecule has 1 fully saturated rings. The van der Waals surface area contributed by atoms with E-state index in [1.165, 1.54) is 17.2 Å². The summed E-state index contributed by atoms with van der Waals surface area (Å²) in [5.41, 5.74) is -0.316. The van der Waals surface area contributed by atoms with Crippen LogP contribution in [0, 0.1) is 0 Å². The average Bonchev–Trinajstić information content (AvgIpc) is 2.45. The number of aliphatic hydroxyl groups is 1. The number of hydrogen-bond donors (Lipinski definition) is 2. The molecule has 74 valence electrons. The lowest BCUT2D eigenvalue weighted by atomic mass is 10.3. The maximum Gasteiger partial charge on any atom is 0.252 e. The zero-order chi connectivity index (χ0) is 10.1. The quantitative estimate of drug-likeness (QED) is 0.593. The van der Waals surface area contributed by atoms with Crippen molar-refractivity contribution in [2.24, 2.45) is 0 Å². The molecule has 6 heteroatoms. The lowest BCUT2D eigenvalue weighted by molar-refractivity contribution is -0.117. The second-order valence-corrected chi connectivity index (χ2v) is 3.12. The first-order valence-corrected chi connectivity index (χ1v) is 4.20.